The molecule has 1 aromatic heterocycles. The van der Waals surface area contributed by atoms with Gasteiger partial charge in [0.1, 0.15) is 5.52 Å². The fourth-order valence-corrected chi connectivity index (χ4v) is 1.85. The SMILES string of the molecule is CNCCc1cc(Cl)c2oc(C)nc2c1. The molecule has 0 fully saturated rings. The normalized spacial score (nSPS) is 11.1. The number of aryl methyl sites for hydroxylation is 1. The van der Waals surface area contributed by atoms with Crippen molar-refractivity contribution >= 4 is 22.7 Å². The summed E-state index contributed by atoms with van der Waals surface area (Å²) in [5.74, 6) is 0.651. The van der Waals surface area contributed by atoms with E-state index in [4.69, 9.17) is 16.0 Å². The Bertz CT molecular complexity index is 479. The quantitative estimate of drug-likeness (QED) is 0.871. The monoisotopic (exact) mass is 224 g/mol. The molecule has 0 bridgehead atoms. The molecule has 0 amide bonds. The van der Waals surface area contributed by atoms with Crippen molar-refractivity contribution in [2.75, 3.05) is 13.6 Å². The van der Waals surface area contributed by atoms with Crippen LogP contribution < -0.4 is 5.32 Å². The zero-order chi connectivity index (χ0) is 10.8. The van der Waals surface area contributed by atoms with Crippen LogP contribution in [-0.2, 0) is 6.42 Å². The molecule has 80 valence electrons. The van der Waals surface area contributed by atoms with Crippen molar-refractivity contribution in [1.82, 2.24) is 10.3 Å². The topological polar surface area (TPSA) is 38.1 Å². The second kappa shape index (κ2) is 4.21. The fraction of sp³-hybridized carbons (Fsp3) is 0.364. The minimum atomic E-state index is 0.638. The minimum Gasteiger partial charge on any atom is -0.439 e. The average molecular weight is 225 g/mol. The molecule has 2 aromatic rings. The Morgan fingerprint density at radius 2 is 2.27 bits per heavy atom. The largest absolute Gasteiger partial charge is 0.439 e. The molecular weight excluding hydrogens is 212 g/mol. The molecule has 15 heavy (non-hydrogen) atoms. The summed E-state index contributed by atoms with van der Waals surface area (Å²) in [4.78, 5) is 4.27. The van der Waals surface area contributed by atoms with E-state index in [1.165, 1.54) is 5.56 Å². The van der Waals surface area contributed by atoms with E-state index in [-0.39, 0.29) is 0 Å². The summed E-state index contributed by atoms with van der Waals surface area (Å²) in [6, 6.07) is 3.96. The lowest BCUT2D eigenvalue weighted by atomic mass is 10.1. The first-order valence-corrected chi connectivity index (χ1v) is 5.28. The molecule has 0 saturated carbocycles. The van der Waals surface area contributed by atoms with Crippen LogP contribution in [0.15, 0.2) is 16.5 Å². The minimum absolute atomic E-state index is 0.638. The van der Waals surface area contributed by atoms with Crippen LogP contribution in [0, 0.1) is 6.92 Å². The number of halogens is 1. The van der Waals surface area contributed by atoms with Crippen LogP contribution in [0.5, 0.6) is 0 Å². The van der Waals surface area contributed by atoms with Crippen molar-refractivity contribution in [2.24, 2.45) is 0 Å². The number of nitrogens with one attached hydrogen (secondary N) is 1. The van der Waals surface area contributed by atoms with Crippen LogP contribution in [-0.4, -0.2) is 18.6 Å². The van der Waals surface area contributed by atoms with Gasteiger partial charge in [0.15, 0.2) is 11.5 Å². The molecule has 0 unspecified atom stereocenters. The average Bonchev–Trinajstić information content (AvgIpc) is 2.56. The summed E-state index contributed by atoms with van der Waals surface area (Å²) in [7, 11) is 1.93. The number of aromatic nitrogens is 1. The summed E-state index contributed by atoms with van der Waals surface area (Å²) >= 11 is 6.10. The lowest BCUT2D eigenvalue weighted by molar-refractivity contribution is 0.561. The van der Waals surface area contributed by atoms with Gasteiger partial charge < -0.3 is 9.73 Å². The van der Waals surface area contributed by atoms with Crippen molar-refractivity contribution < 1.29 is 4.42 Å². The van der Waals surface area contributed by atoms with E-state index < -0.39 is 0 Å². The highest BCUT2D eigenvalue weighted by Gasteiger charge is 2.08. The van der Waals surface area contributed by atoms with E-state index in [2.05, 4.69) is 10.3 Å². The first-order valence-electron chi connectivity index (χ1n) is 4.91. The number of benzene rings is 1. The molecule has 0 aliphatic heterocycles. The van der Waals surface area contributed by atoms with E-state index in [1.807, 2.05) is 26.1 Å². The predicted molar refractivity (Wildman–Crippen MR) is 61.4 cm³/mol. The third kappa shape index (κ3) is 2.13. The van der Waals surface area contributed by atoms with Crippen LogP contribution in [0.2, 0.25) is 5.02 Å². The maximum atomic E-state index is 6.10. The maximum Gasteiger partial charge on any atom is 0.192 e. The number of hydrogen-bond donors (Lipinski definition) is 1. The molecule has 0 radical (unpaired) electrons. The number of nitrogens with zero attached hydrogens (tertiary/aromatic N) is 1. The number of fused-ring (bicyclic) bond motifs is 1. The van der Waals surface area contributed by atoms with Gasteiger partial charge >= 0.3 is 0 Å². The van der Waals surface area contributed by atoms with E-state index in [0.717, 1.165) is 18.5 Å². The second-order valence-corrected chi connectivity index (χ2v) is 3.92. The summed E-state index contributed by atoms with van der Waals surface area (Å²) < 4.78 is 5.40. The van der Waals surface area contributed by atoms with Crippen LogP contribution in [0.1, 0.15) is 11.5 Å². The Balaban J connectivity index is 2.42. The predicted octanol–water partition coefficient (Wildman–Crippen LogP) is 2.55. The lowest BCUT2D eigenvalue weighted by Gasteiger charge is -2.01. The smallest absolute Gasteiger partial charge is 0.192 e. The van der Waals surface area contributed by atoms with Gasteiger partial charge in [0, 0.05) is 6.92 Å². The standard InChI is InChI=1S/C11H13ClN2O/c1-7-14-10-6-8(3-4-13-2)5-9(12)11(10)15-7/h5-6,13H,3-4H2,1-2H3. The van der Waals surface area contributed by atoms with E-state index in [1.54, 1.807) is 0 Å². The van der Waals surface area contributed by atoms with Gasteiger partial charge in [-0.3, -0.25) is 0 Å². The van der Waals surface area contributed by atoms with Crippen molar-refractivity contribution in [2.45, 2.75) is 13.3 Å². The molecule has 1 N–H and O–H groups in total. The molecule has 0 aliphatic carbocycles. The van der Waals surface area contributed by atoms with Crippen molar-refractivity contribution in [3.63, 3.8) is 0 Å². The molecule has 1 aromatic carbocycles. The lowest BCUT2D eigenvalue weighted by Crippen LogP contribution is -2.10. The van der Waals surface area contributed by atoms with E-state index in [0.29, 0.717) is 16.5 Å². The van der Waals surface area contributed by atoms with Crippen molar-refractivity contribution in [1.29, 1.82) is 0 Å². The zero-order valence-corrected chi connectivity index (χ0v) is 9.56. The van der Waals surface area contributed by atoms with Gasteiger partial charge in [0.25, 0.3) is 0 Å². The van der Waals surface area contributed by atoms with E-state index in [9.17, 15) is 0 Å². The van der Waals surface area contributed by atoms with Crippen molar-refractivity contribution in [3.8, 4) is 0 Å². The van der Waals surface area contributed by atoms with Crippen LogP contribution >= 0.6 is 11.6 Å². The molecule has 0 saturated heterocycles. The third-order valence-electron chi connectivity index (χ3n) is 2.28. The van der Waals surface area contributed by atoms with Crippen LogP contribution in [0.4, 0.5) is 0 Å². The maximum absolute atomic E-state index is 6.10. The van der Waals surface area contributed by atoms with Gasteiger partial charge in [-0.1, -0.05) is 11.6 Å². The Morgan fingerprint density at radius 1 is 1.47 bits per heavy atom. The Morgan fingerprint density at radius 3 is 3.00 bits per heavy atom. The molecule has 3 nitrogen and oxygen atoms in total. The molecule has 1 heterocycles. The molecule has 0 aliphatic rings. The Hall–Kier alpha value is -1.06. The highest BCUT2D eigenvalue weighted by molar-refractivity contribution is 6.34. The molecular formula is C11H13ClN2O. The zero-order valence-electron chi connectivity index (χ0n) is 8.80. The highest BCUT2D eigenvalue weighted by Crippen LogP contribution is 2.26. The number of rotatable bonds is 3. The van der Waals surface area contributed by atoms with Crippen LogP contribution in [0.3, 0.4) is 0 Å². The highest BCUT2D eigenvalue weighted by atomic mass is 35.5. The Labute approximate surface area is 93.4 Å². The van der Waals surface area contributed by atoms with E-state index >= 15 is 0 Å². The van der Waals surface area contributed by atoms with Gasteiger partial charge in [0.05, 0.1) is 5.02 Å². The first kappa shape index (κ1) is 10.5. The first-order chi connectivity index (χ1) is 7.20. The summed E-state index contributed by atoms with van der Waals surface area (Å²) in [5.41, 5.74) is 2.70. The number of hydrogen-bond acceptors (Lipinski definition) is 3. The van der Waals surface area contributed by atoms with Gasteiger partial charge in [-0.15, -0.1) is 0 Å². The summed E-state index contributed by atoms with van der Waals surface area (Å²) in [6.45, 7) is 2.75. The fourth-order valence-electron chi connectivity index (χ4n) is 1.57. The van der Waals surface area contributed by atoms with Crippen molar-refractivity contribution in [3.05, 3.63) is 28.6 Å². The number of oxazole rings is 1. The molecule has 2 rings (SSSR count). The second-order valence-electron chi connectivity index (χ2n) is 3.51. The van der Waals surface area contributed by atoms with Gasteiger partial charge in [-0.2, -0.15) is 0 Å². The molecule has 4 heteroatoms. The van der Waals surface area contributed by atoms with Gasteiger partial charge in [-0.05, 0) is 37.7 Å². The van der Waals surface area contributed by atoms with Gasteiger partial charge in [-0.25, -0.2) is 4.98 Å². The number of likely N-dealkylation sites (N-methyl/N-ethyl adjacent to an activating group) is 1. The Kier molecular flexibility index (Phi) is 2.93. The molecule has 0 atom stereocenters. The third-order valence-corrected chi connectivity index (χ3v) is 2.56. The van der Waals surface area contributed by atoms with Crippen LogP contribution in [0.25, 0.3) is 11.1 Å². The molecule has 0 spiro atoms. The van der Waals surface area contributed by atoms with Gasteiger partial charge in [0.2, 0.25) is 0 Å². The summed E-state index contributed by atoms with van der Waals surface area (Å²) in [5, 5.41) is 3.74. The summed E-state index contributed by atoms with van der Waals surface area (Å²) in [6.07, 6.45) is 0.943.